The fourth-order valence-electron chi connectivity index (χ4n) is 3.07. The highest BCUT2D eigenvalue weighted by atomic mass is 16.2. The zero-order valence-electron chi connectivity index (χ0n) is 12.4. The number of amides is 3. The van der Waals surface area contributed by atoms with E-state index in [2.05, 4.69) is 5.32 Å². The smallest absolute Gasteiger partial charge is 0.244 e. The van der Waals surface area contributed by atoms with Gasteiger partial charge in [0.2, 0.25) is 17.7 Å². The highest BCUT2D eigenvalue weighted by Gasteiger charge is 2.47. The minimum absolute atomic E-state index is 0.209. The van der Waals surface area contributed by atoms with Crippen molar-refractivity contribution in [1.82, 2.24) is 4.90 Å². The number of anilines is 1. The van der Waals surface area contributed by atoms with Gasteiger partial charge in [-0.1, -0.05) is 30.4 Å². The third-order valence-electron chi connectivity index (χ3n) is 4.32. The predicted octanol–water partition coefficient (Wildman–Crippen LogP) is 1.88. The molecule has 2 atom stereocenters. The average Bonchev–Trinajstić information content (AvgIpc) is 2.75. The Morgan fingerprint density at radius 1 is 1.14 bits per heavy atom. The molecule has 22 heavy (non-hydrogen) atoms. The molecule has 5 nitrogen and oxygen atoms in total. The number of imide groups is 1. The van der Waals surface area contributed by atoms with Gasteiger partial charge in [0, 0.05) is 5.69 Å². The summed E-state index contributed by atoms with van der Waals surface area (Å²) in [5.41, 5.74) is 1.64. The molecule has 0 radical (unpaired) electrons. The van der Waals surface area contributed by atoms with Crippen LogP contribution in [0.25, 0.3) is 0 Å². The minimum atomic E-state index is -0.345. The largest absolute Gasteiger partial charge is 0.324 e. The number of carbonyl (C=O) groups is 3. The summed E-state index contributed by atoms with van der Waals surface area (Å²) in [5, 5.41) is 2.76. The number of rotatable bonds is 3. The number of nitrogens with zero attached hydrogens (tertiary/aromatic N) is 1. The van der Waals surface area contributed by atoms with Crippen molar-refractivity contribution in [3.8, 4) is 0 Å². The Labute approximate surface area is 129 Å². The van der Waals surface area contributed by atoms with Crippen LogP contribution in [-0.4, -0.2) is 29.2 Å². The molecule has 2 unspecified atom stereocenters. The van der Waals surface area contributed by atoms with Gasteiger partial charge in [0.1, 0.15) is 6.54 Å². The van der Waals surface area contributed by atoms with E-state index in [1.807, 2.05) is 37.3 Å². The summed E-state index contributed by atoms with van der Waals surface area (Å²) in [6, 6.07) is 7.40. The number of nitrogens with one attached hydrogen (secondary N) is 1. The minimum Gasteiger partial charge on any atom is -0.324 e. The highest BCUT2D eigenvalue weighted by molar-refractivity contribution is 6.08. The van der Waals surface area contributed by atoms with Gasteiger partial charge in [-0.05, 0) is 31.4 Å². The lowest BCUT2D eigenvalue weighted by molar-refractivity contribution is -0.142. The van der Waals surface area contributed by atoms with Crippen LogP contribution in [-0.2, 0) is 14.4 Å². The molecule has 1 aliphatic carbocycles. The lowest BCUT2D eigenvalue weighted by Gasteiger charge is -2.15. The molecule has 1 aromatic rings. The summed E-state index contributed by atoms with van der Waals surface area (Å²) in [5.74, 6) is -1.37. The first kappa shape index (κ1) is 14.5. The molecule has 1 heterocycles. The summed E-state index contributed by atoms with van der Waals surface area (Å²) in [7, 11) is 0. The summed E-state index contributed by atoms with van der Waals surface area (Å²) >= 11 is 0. The van der Waals surface area contributed by atoms with Gasteiger partial charge in [-0.2, -0.15) is 0 Å². The third kappa shape index (κ3) is 2.54. The Balaban J connectivity index is 1.68. The van der Waals surface area contributed by atoms with E-state index in [4.69, 9.17) is 0 Å². The first-order chi connectivity index (χ1) is 10.6. The van der Waals surface area contributed by atoms with Crippen molar-refractivity contribution < 1.29 is 14.4 Å². The van der Waals surface area contributed by atoms with Crippen molar-refractivity contribution in [2.75, 3.05) is 11.9 Å². The Morgan fingerprint density at radius 3 is 2.32 bits per heavy atom. The SMILES string of the molecule is Cc1ccccc1NC(=O)CN1C(=O)C2CC=CCC2C1=O. The molecule has 3 rings (SSSR count). The van der Waals surface area contributed by atoms with Crippen molar-refractivity contribution in [2.45, 2.75) is 19.8 Å². The van der Waals surface area contributed by atoms with Crippen molar-refractivity contribution in [2.24, 2.45) is 11.8 Å². The molecular weight excluding hydrogens is 280 g/mol. The van der Waals surface area contributed by atoms with E-state index in [0.717, 1.165) is 10.5 Å². The Hall–Kier alpha value is -2.43. The third-order valence-corrected chi connectivity index (χ3v) is 4.32. The van der Waals surface area contributed by atoms with Crippen LogP contribution in [0.5, 0.6) is 0 Å². The second kappa shape index (κ2) is 5.75. The average molecular weight is 298 g/mol. The quantitative estimate of drug-likeness (QED) is 0.684. The molecule has 1 fully saturated rings. The van der Waals surface area contributed by atoms with Crippen LogP contribution in [0, 0.1) is 18.8 Å². The van der Waals surface area contributed by atoms with Gasteiger partial charge in [-0.25, -0.2) is 0 Å². The van der Waals surface area contributed by atoms with Crippen LogP contribution in [0.2, 0.25) is 0 Å². The van der Waals surface area contributed by atoms with Crippen LogP contribution >= 0.6 is 0 Å². The van der Waals surface area contributed by atoms with Gasteiger partial charge >= 0.3 is 0 Å². The van der Waals surface area contributed by atoms with E-state index in [1.165, 1.54) is 0 Å². The van der Waals surface area contributed by atoms with E-state index in [-0.39, 0.29) is 36.1 Å². The second-order valence-corrected chi connectivity index (χ2v) is 5.78. The molecule has 114 valence electrons. The van der Waals surface area contributed by atoms with Crippen molar-refractivity contribution in [1.29, 1.82) is 0 Å². The highest BCUT2D eigenvalue weighted by Crippen LogP contribution is 2.34. The Kier molecular flexibility index (Phi) is 3.79. The second-order valence-electron chi connectivity index (χ2n) is 5.78. The summed E-state index contributed by atoms with van der Waals surface area (Å²) in [4.78, 5) is 37.8. The number of benzene rings is 1. The van der Waals surface area contributed by atoms with Gasteiger partial charge in [-0.3, -0.25) is 19.3 Å². The molecular formula is C17H18N2O3. The van der Waals surface area contributed by atoms with E-state index >= 15 is 0 Å². The molecule has 0 saturated carbocycles. The summed E-state index contributed by atoms with van der Waals surface area (Å²) < 4.78 is 0. The Bertz CT molecular complexity index is 640. The van der Waals surface area contributed by atoms with E-state index < -0.39 is 0 Å². The van der Waals surface area contributed by atoms with E-state index in [9.17, 15) is 14.4 Å². The Morgan fingerprint density at radius 2 is 1.73 bits per heavy atom. The van der Waals surface area contributed by atoms with Gasteiger partial charge in [0.25, 0.3) is 0 Å². The van der Waals surface area contributed by atoms with Gasteiger partial charge in [-0.15, -0.1) is 0 Å². The number of carbonyl (C=O) groups excluding carboxylic acids is 3. The number of hydrogen-bond acceptors (Lipinski definition) is 3. The van der Waals surface area contributed by atoms with Crippen molar-refractivity contribution in [3.63, 3.8) is 0 Å². The summed E-state index contributed by atoms with van der Waals surface area (Å²) in [6.07, 6.45) is 5.04. The molecule has 1 N–H and O–H groups in total. The monoisotopic (exact) mass is 298 g/mol. The van der Waals surface area contributed by atoms with Gasteiger partial charge < -0.3 is 5.32 Å². The molecule has 3 amide bonds. The van der Waals surface area contributed by atoms with Gasteiger partial charge in [0.05, 0.1) is 11.8 Å². The number of para-hydroxylation sites is 1. The maximum atomic E-state index is 12.3. The van der Waals surface area contributed by atoms with Crippen LogP contribution < -0.4 is 5.32 Å². The van der Waals surface area contributed by atoms with Gasteiger partial charge in [0.15, 0.2) is 0 Å². The lowest BCUT2D eigenvalue weighted by Crippen LogP contribution is -2.38. The van der Waals surface area contributed by atoms with E-state index in [0.29, 0.717) is 18.5 Å². The van der Waals surface area contributed by atoms with Crippen LogP contribution in [0.1, 0.15) is 18.4 Å². The molecule has 0 aromatic heterocycles. The maximum absolute atomic E-state index is 12.3. The van der Waals surface area contributed by atoms with E-state index in [1.54, 1.807) is 6.07 Å². The molecule has 1 saturated heterocycles. The number of allylic oxidation sites excluding steroid dienone is 2. The first-order valence-electron chi connectivity index (χ1n) is 7.43. The van der Waals surface area contributed by atoms with Crippen molar-refractivity contribution in [3.05, 3.63) is 42.0 Å². The predicted molar refractivity (Wildman–Crippen MR) is 81.9 cm³/mol. The van der Waals surface area contributed by atoms with Crippen molar-refractivity contribution >= 4 is 23.4 Å². The zero-order valence-corrected chi connectivity index (χ0v) is 12.4. The number of likely N-dealkylation sites (tertiary alicyclic amines) is 1. The zero-order chi connectivity index (χ0) is 15.7. The maximum Gasteiger partial charge on any atom is 0.244 e. The van der Waals surface area contributed by atoms with Crippen LogP contribution in [0.4, 0.5) is 5.69 Å². The topological polar surface area (TPSA) is 66.5 Å². The molecule has 0 bridgehead atoms. The molecule has 2 aliphatic rings. The van der Waals surface area contributed by atoms with Crippen LogP contribution in [0.15, 0.2) is 36.4 Å². The number of hydrogen-bond donors (Lipinski definition) is 1. The fraction of sp³-hybridized carbons (Fsp3) is 0.353. The molecule has 1 aliphatic heterocycles. The normalized spacial score (nSPS) is 23.6. The number of fused-ring (bicyclic) bond motifs is 1. The molecule has 1 aromatic carbocycles. The molecule has 0 spiro atoms. The van der Waals surface area contributed by atoms with Crippen LogP contribution in [0.3, 0.4) is 0 Å². The lowest BCUT2D eigenvalue weighted by atomic mass is 9.85. The first-order valence-corrected chi connectivity index (χ1v) is 7.43. The molecule has 5 heteroatoms. The fourth-order valence-corrected chi connectivity index (χ4v) is 3.07. The number of aryl methyl sites for hydroxylation is 1. The standard InChI is InChI=1S/C17H18N2O3/c1-11-6-2-5-9-14(11)18-15(20)10-19-16(21)12-7-3-4-8-13(12)17(19)22/h2-6,9,12-13H,7-8,10H2,1H3,(H,18,20). The summed E-state index contributed by atoms with van der Waals surface area (Å²) in [6.45, 7) is 1.68.